The van der Waals surface area contributed by atoms with E-state index in [-0.39, 0.29) is 13.2 Å². The molecule has 0 heterocycles. The van der Waals surface area contributed by atoms with Crippen molar-refractivity contribution >= 4 is 23.8 Å². The number of hydrogen-bond donors (Lipinski definition) is 1. The predicted octanol–water partition coefficient (Wildman–Crippen LogP) is 2.78. The molecular weight excluding hydrogens is 321 g/mol. The fraction of sp³-hybridized carbons (Fsp3) is 1.00. The third kappa shape index (κ3) is 13.0. The van der Waals surface area contributed by atoms with Crippen molar-refractivity contribution in [3.8, 4) is 0 Å². The van der Waals surface area contributed by atoms with Gasteiger partial charge in [0.2, 0.25) is 0 Å². The molecule has 0 aliphatic heterocycles. The molecule has 0 aromatic heterocycles. The molecule has 0 fully saturated rings. The third-order valence-corrected chi connectivity index (χ3v) is 3.88. The average Bonchev–Trinajstić information content (AvgIpc) is 2.21. The number of nitrogens with zero attached hydrogens (tertiary/aromatic N) is 1. The molecule has 0 aliphatic carbocycles. The van der Waals surface area contributed by atoms with Crippen molar-refractivity contribution in [1.82, 2.24) is 0 Å². The van der Waals surface area contributed by atoms with E-state index in [4.69, 9.17) is 9.05 Å². The molecule has 0 rings (SSSR count). The van der Waals surface area contributed by atoms with Crippen LogP contribution in [0, 0.1) is 0 Å². The first kappa shape index (κ1) is 18.6. The van der Waals surface area contributed by atoms with Crippen LogP contribution >= 0.6 is 23.8 Å². The molecule has 0 saturated heterocycles. The lowest BCUT2D eigenvalue weighted by Gasteiger charge is -2.24. The molecule has 0 saturated carbocycles. The standard InChI is InChI=1S/C11H25BrNO4P/c1-13(2,3)9-11-17-18(14,15)16-10-7-5-4-6-8-12/h4-11H2,1-3H3/p+1. The Balaban J connectivity index is 3.58. The van der Waals surface area contributed by atoms with Crippen molar-refractivity contribution < 1.29 is 23.0 Å². The van der Waals surface area contributed by atoms with Gasteiger partial charge in [-0.3, -0.25) is 9.05 Å². The Bertz CT molecular complexity index is 258. The lowest BCUT2D eigenvalue weighted by Crippen LogP contribution is -2.37. The molecule has 7 heteroatoms. The third-order valence-electron chi connectivity index (χ3n) is 2.30. The molecule has 0 bridgehead atoms. The first-order chi connectivity index (χ1) is 8.27. The van der Waals surface area contributed by atoms with Crippen LogP contribution in [0.25, 0.3) is 0 Å². The number of hydrogen-bond acceptors (Lipinski definition) is 3. The minimum atomic E-state index is -3.85. The molecule has 18 heavy (non-hydrogen) atoms. The minimum absolute atomic E-state index is 0.223. The number of halogens is 1. The monoisotopic (exact) mass is 346 g/mol. The molecule has 110 valence electrons. The summed E-state index contributed by atoms with van der Waals surface area (Å²) in [4.78, 5) is 9.41. The maximum atomic E-state index is 11.5. The van der Waals surface area contributed by atoms with Gasteiger partial charge in [-0.05, 0) is 12.8 Å². The second-order valence-electron chi connectivity index (χ2n) is 5.25. The average molecular weight is 347 g/mol. The maximum absolute atomic E-state index is 11.5. The highest BCUT2D eigenvalue weighted by Gasteiger charge is 2.21. The molecule has 1 N–H and O–H groups in total. The van der Waals surface area contributed by atoms with Gasteiger partial charge in [0, 0.05) is 5.33 Å². The van der Waals surface area contributed by atoms with Gasteiger partial charge in [-0.15, -0.1) is 0 Å². The van der Waals surface area contributed by atoms with Gasteiger partial charge >= 0.3 is 7.82 Å². The topological polar surface area (TPSA) is 55.8 Å². The van der Waals surface area contributed by atoms with Crippen LogP contribution < -0.4 is 0 Å². The van der Waals surface area contributed by atoms with Crippen LogP contribution in [0.1, 0.15) is 25.7 Å². The summed E-state index contributed by atoms with van der Waals surface area (Å²) in [6.45, 7) is 1.17. The molecule has 0 aromatic carbocycles. The van der Waals surface area contributed by atoms with E-state index in [1.807, 2.05) is 21.1 Å². The summed E-state index contributed by atoms with van der Waals surface area (Å²) in [7, 11) is 2.14. The van der Waals surface area contributed by atoms with Gasteiger partial charge in [0.15, 0.2) is 0 Å². The number of phosphoric ester groups is 1. The number of phosphoric acid groups is 1. The van der Waals surface area contributed by atoms with Gasteiger partial charge in [0.25, 0.3) is 0 Å². The van der Waals surface area contributed by atoms with Gasteiger partial charge in [-0.2, -0.15) is 0 Å². The molecule has 0 radical (unpaired) electrons. The number of alkyl halides is 1. The number of likely N-dealkylation sites (N-methyl/N-ethyl adjacent to an activating group) is 1. The zero-order valence-corrected chi connectivity index (χ0v) is 14.1. The van der Waals surface area contributed by atoms with E-state index in [2.05, 4.69) is 15.9 Å². The summed E-state index contributed by atoms with van der Waals surface area (Å²) in [5, 5.41) is 1.00. The lowest BCUT2D eigenvalue weighted by molar-refractivity contribution is -0.870. The van der Waals surface area contributed by atoms with E-state index in [1.54, 1.807) is 0 Å². The summed E-state index contributed by atoms with van der Waals surface area (Å²) in [5.74, 6) is 0. The second kappa shape index (κ2) is 9.45. The van der Waals surface area contributed by atoms with E-state index in [0.29, 0.717) is 11.0 Å². The van der Waals surface area contributed by atoms with Crippen LogP contribution in [-0.4, -0.2) is 55.6 Å². The van der Waals surface area contributed by atoms with E-state index in [1.165, 1.54) is 0 Å². The molecular formula is C11H26BrNO4P+. The Morgan fingerprint density at radius 3 is 2.17 bits per heavy atom. The van der Waals surface area contributed by atoms with Crippen LogP contribution in [0.2, 0.25) is 0 Å². The van der Waals surface area contributed by atoms with E-state index < -0.39 is 7.82 Å². The molecule has 0 spiro atoms. The Morgan fingerprint density at radius 2 is 1.61 bits per heavy atom. The molecule has 1 atom stereocenters. The predicted molar refractivity (Wildman–Crippen MR) is 76.9 cm³/mol. The Hall–Kier alpha value is 0.550. The zero-order valence-electron chi connectivity index (χ0n) is 11.6. The molecule has 5 nitrogen and oxygen atoms in total. The van der Waals surface area contributed by atoms with Gasteiger partial charge in [0.1, 0.15) is 13.2 Å². The molecule has 0 aromatic rings. The summed E-state index contributed by atoms with van der Waals surface area (Å²) in [6, 6.07) is 0. The fourth-order valence-corrected chi connectivity index (χ4v) is 2.34. The minimum Gasteiger partial charge on any atom is -0.329 e. The summed E-state index contributed by atoms with van der Waals surface area (Å²) in [6.07, 6.45) is 4.02. The quantitative estimate of drug-likeness (QED) is 0.270. The van der Waals surface area contributed by atoms with Crippen molar-refractivity contribution in [2.24, 2.45) is 0 Å². The van der Waals surface area contributed by atoms with Crippen LogP contribution in [0.4, 0.5) is 0 Å². The van der Waals surface area contributed by atoms with Crippen molar-refractivity contribution in [2.75, 3.05) is 46.2 Å². The second-order valence-corrected chi connectivity index (χ2v) is 7.50. The smallest absolute Gasteiger partial charge is 0.329 e. The van der Waals surface area contributed by atoms with Crippen LogP contribution in [0.5, 0.6) is 0 Å². The first-order valence-electron chi connectivity index (χ1n) is 6.25. The van der Waals surface area contributed by atoms with Gasteiger partial charge in [-0.1, -0.05) is 28.8 Å². The van der Waals surface area contributed by atoms with Crippen molar-refractivity contribution in [3.63, 3.8) is 0 Å². The largest absolute Gasteiger partial charge is 0.472 e. The summed E-state index contributed by atoms with van der Waals surface area (Å²) >= 11 is 3.36. The molecule has 0 amide bonds. The van der Waals surface area contributed by atoms with Gasteiger partial charge in [-0.25, -0.2) is 4.57 Å². The van der Waals surface area contributed by atoms with Gasteiger partial charge in [0.05, 0.1) is 27.7 Å². The lowest BCUT2D eigenvalue weighted by atomic mass is 10.2. The zero-order chi connectivity index (χ0) is 14.1. The number of unbranched alkanes of at least 4 members (excludes halogenated alkanes) is 3. The van der Waals surface area contributed by atoms with Gasteiger partial charge < -0.3 is 9.38 Å². The highest BCUT2D eigenvalue weighted by atomic mass is 79.9. The summed E-state index contributed by atoms with van der Waals surface area (Å²) in [5.41, 5.74) is 0. The summed E-state index contributed by atoms with van der Waals surface area (Å²) < 4.78 is 22.0. The van der Waals surface area contributed by atoms with E-state index in [0.717, 1.165) is 31.0 Å². The van der Waals surface area contributed by atoms with Crippen LogP contribution in [0.3, 0.4) is 0 Å². The van der Waals surface area contributed by atoms with E-state index in [9.17, 15) is 9.46 Å². The SMILES string of the molecule is C[N+](C)(C)CCOP(=O)(O)OCCCCCCBr. The Kier molecular flexibility index (Phi) is 9.74. The Labute approximate surface area is 119 Å². The highest BCUT2D eigenvalue weighted by Crippen LogP contribution is 2.43. The molecule has 1 unspecified atom stereocenters. The van der Waals surface area contributed by atoms with Crippen molar-refractivity contribution in [3.05, 3.63) is 0 Å². The number of quaternary nitrogens is 1. The van der Waals surface area contributed by atoms with Crippen LogP contribution in [-0.2, 0) is 13.6 Å². The highest BCUT2D eigenvalue weighted by molar-refractivity contribution is 9.09. The molecule has 0 aliphatic rings. The first-order valence-corrected chi connectivity index (χ1v) is 8.87. The van der Waals surface area contributed by atoms with Crippen molar-refractivity contribution in [2.45, 2.75) is 25.7 Å². The Morgan fingerprint density at radius 1 is 1.06 bits per heavy atom. The van der Waals surface area contributed by atoms with Crippen LogP contribution in [0.15, 0.2) is 0 Å². The number of rotatable bonds is 11. The maximum Gasteiger partial charge on any atom is 0.472 e. The van der Waals surface area contributed by atoms with Crippen molar-refractivity contribution in [1.29, 1.82) is 0 Å². The fourth-order valence-electron chi connectivity index (χ4n) is 1.20. The normalized spacial score (nSPS) is 15.6. The van der Waals surface area contributed by atoms with E-state index >= 15 is 0 Å².